The second-order valence-electron chi connectivity index (χ2n) is 5.28. The average molecular weight is 271 g/mol. The van der Waals surface area contributed by atoms with Gasteiger partial charge in [-0.1, -0.05) is 48.5 Å². The van der Waals surface area contributed by atoms with Crippen LogP contribution in [0.5, 0.6) is 0 Å². The molecule has 0 aliphatic rings. The van der Waals surface area contributed by atoms with Gasteiger partial charge in [-0.3, -0.25) is 4.98 Å². The van der Waals surface area contributed by atoms with E-state index in [1.54, 1.807) is 0 Å². The minimum atomic E-state index is 0.810. The Balaban J connectivity index is 2.01. The summed E-state index contributed by atoms with van der Waals surface area (Å²) in [4.78, 5) is 4.37. The van der Waals surface area contributed by atoms with Crippen LogP contribution in [0.4, 0.5) is 0 Å². The molecule has 1 radical (unpaired) electrons. The van der Waals surface area contributed by atoms with Crippen LogP contribution < -0.4 is 0 Å². The summed E-state index contributed by atoms with van der Waals surface area (Å²) in [6, 6.07) is 21.1. The van der Waals surface area contributed by atoms with Crippen LogP contribution in [0.25, 0.3) is 21.8 Å². The van der Waals surface area contributed by atoms with Crippen LogP contribution in [-0.2, 0) is 6.54 Å². The van der Waals surface area contributed by atoms with E-state index >= 15 is 0 Å². The molecule has 2 heteroatoms. The van der Waals surface area contributed by atoms with Gasteiger partial charge in [0.15, 0.2) is 0 Å². The third-order valence-electron chi connectivity index (χ3n) is 3.90. The molecule has 0 aliphatic carbocycles. The molecule has 0 fully saturated rings. The first kappa shape index (κ1) is 12.2. The SMILES string of the molecule is [CH2]c1cc2c3ccccc3n(Cc3ccccc3)c2cn1. The van der Waals surface area contributed by atoms with Gasteiger partial charge in [0.25, 0.3) is 0 Å². The van der Waals surface area contributed by atoms with Crippen LogP contribution >= 0.6 is 0 Å². The van der Waals surface area contributed by atoms with E-state index in [9.17, 15) is 0 Å². The fraction of sp³-hybridized carbons (Fsp3) is 0.0526. The first-order valence-corrected chi connectivity index (χ1v) is 7.06. The van der Waals surface area contributed by atoms with Gasteiger partial charge in [0.1, 0.15) is 0 Å². The van der Waals surface area contributed by atoms with Crippen LogP contribution in [0.3, 0.4) is 0 Å². The molecule has 0 aliphatic heterocycles. The van der Waals surface area contributed by atoms with Crippen LogP contribution in [0, 0.1) is 6.92 Å². The number of rotatable bonds is 2. The second kappa shape index (κ2) is 4.74. The predicted molar refractivity (Wildman–Crippen MR) is 87.2 cm³/mol. The molecule has 0 N–H and O–H groups in total. The topological polar surface area (TPSA) is 17.8 Å². The summed E-state index contributed by atoms with van der Waals surface area (Å²) in [5, 5.41) is 2.48. The molecule has 4 rings (SSSR count). The van der Waals surface area contributed by atoms with E-state index in [-0.39, 0.29) is 0 Å². The average Bonchev–Trinajstić information content (AvgIpc) is 2.82. The van der Waals surface area contributed by atoms with Crippen molar-refractivity contribution in [2.24, 2.45) is 0 Å². The lowest BCUT2D eigenvalue weighted by Gasteiger charge is -2.07. The van der Waals surface area contributed by atoms with Crippen molar-refractivity contribution < 1.29 is 0 Å². The van der Waals surface area contributed by atoms with Crippen molar-refractivity contribution in [2.45, 2.75) is 6.54 Å². The zero-order valence-electron chi connectivity index (χ0n) is 11.7. The summed E-state index contributed by atoms with van der Waals surface area (Å²) in [6.07, 6.45) is 1.93. The molecule has 0 saturated carbocycles. The lowest BCUT2D eigenvalue weighted by atomic mass is 10.2. The molecule has 0 spiro atoms. The van der Waals surface area contributed by atoms with Gasteiger partial charge in [0.05, 0.1) is 11.7 Å². The highest BCUT2D eigenvalue weighted by Gasteiger charge is 2.10. The number of hydrogen-bond acceptors (Lipinski definition) is 1. The monoisotopic (exact) mass is 271 g/mol. The van der Waals surface area contributed by atoms with Crippen molar-refractivity contribution in [3.05, 3.63) is 85.0 Å². The minimum Gasteiger partial charge on any atom is -0.335 e. The number of para-hydroxylation sites is 1. The zero-order chi connectivity index (χ0) is 14.2. The fourth-order valence-electron chi connectivity index (χ4n) is 2.93. The van der Waals surface area contributed by atoms with E-state index in [0.717, 1.165) is 17.8 Å². The fourth-order valence-corrected chi connectivity index (χ4v) is 2.93. The molecule has 101 valence electrons. The Kier molecular flexibility index (Phi) is 2.74. The van der Waals surface area contributed by atoms with Gasteiger partial charge in [-0.05, 0) is 24.6 Å². The van der Waals surface area contributed by atoms with E-state index in [0.29, 0.717) is 0 Å². The lowest BCUT2D eigenvalue weighted by molar-refractivity contribution is 0.866. The maximum Gasteiger partial charge on any atom is 0.0681 e. The van der Waals surface area contributed by atoms with Gasteiger partial charge in [0, 0.05) is 28.5 Å². The highest BCUT2D eigenvalue weighted by molar-refractivity contribution is 6.07. The van der Waals surface area contributed by atoms with Gasteiger partial charge in [-0.25, -0.2) is 0 Å². The molecule has 0 unspecified atom stereocenters. The smallest absolute Gasteiger partial charge is 0.0681 e. The lowest BCUT2D eigenvalue weighted by Crippen LogP contribution is -1.99. The molecule has 0 bridgehead atoms. The summed E-state index contributed by atoms with van der Waals surface area (Å²) in [5.74, 6) is 0. The third kappa shape index (κ3) is 2.00. The van der Waals surface area contributed by atoms with Crippen molar-refractivity contribution in [3.8, 4) is 0 Å². The Hall–Kier alpha value is -2.61. The third-order valence-corrected chi connectivity index (χ3v) is 3.90. The van der Waals surface area contributed by atoms with Gasteiger partial charge in [-0.2, -0.15) is 0 Å². The molecule has 21 heavy (non-hydrogen) atoms. The highest BCUT2D eigenvalue weighted by atomic mass is 15.0. The summed E-state index contributed by atoms with van der Waals surface area (Å²) < 4.78 is 2.33. The van der Waals surface area contributed by atoms with Gasteiger partial charge < -0.3 is 4.57 Å². The molecule has 2 heterocycles. The van der Waals surface area contributed by atoms with E-state index in [4.69, 9.17) is 0 Å². The Bertz CT molecular complexity index is 920. The molecule has 0 amide bonds. The minimum absolute atomic E-state index is 0.810. The normalized spacial score (nSPS) is 11.3. The number of nitrogens with zero attached hydrogens (tertiary/aromatic N) is 2. The van der Waals surface area contributed by atoms with E-state index in [1.807, 2.05) is 12.3 Å². The number of pyridine rings is 1. The van der Waals surface area contributed by atoms with Crippen molar-refractivity contribution in [1.29, 1.82) is 0 Å². The summed E-state index contributed by atoms with van der Waals surface area (Å²) in [6.45, 7) is 4.80. The van der Waals surface area contributed by atoms with Crippen LogP contribution in [0.1, 0.15) is 11.3 Å². The van der Waals surface area contributed by atoms with Crippen LogP contribution in [0.2, 0.25) is 0 Å². The van der Waals surface area contributed by atoms with Crippen molar-refractivity contribution in [3.63, 3.8) is 0 Å². The first-order chi connectivity index (χ1) is 10.3. The maximum absolute atomic E-state index is 4.37. The molecule has 0 saturated heterocycles. The van der Waals surface area contributed by atoms with Crippen molar-refractivity contribution >= 4 is 21.8 Å². The molecule has 2 aromatic heterocycles. The molecule has 0 atom stereocenters. The Morgan fingerprint density at radius 3 is 2.48 bits per heavy atom. The standard InChI is InChI=1S/C19H15N2/c1-14-11-17-16-9-5-6-10-18(16)21(19(17)12-20-14)13-15-7-3-2-4-8-15/h2-12H,1,13H2. The molecule has 2 nitrogen and oxygen atoms in total. The van der Waals surface area contributed by atoms with Crippen LogP contribution in [0.15, 0.2) is 66.9 Å². The zero-order valence-corrected chi connectivity index (χ0v) is 11.7. The summed E-state index contributed by atoms with van der Waals surface area (Å²) in [5.41, 5.74) is 4.50. The number of fused-ring (bicyclic) bond motifs is 3. The largest absolute Gasteiger partial charge is 0.335 e. The predicted octanol–water partition coefficient (Wildman–Crippen LogP) is 4.42. The van der Waals surface area contributed by atoms with Gasteiger partial charge >= 0.3 is 0 Å². The molecule has 4 aromatic rings. The molecule has 2 aromatic carbocycles. The quantitative estimate of drug-likeness (QED) is 0.527. The van der Waals surface area contributed by atoms with E-state index < -0.39 is 0 Å². The van der Waals surface area contributed by atoms with Crippen LogP contribution in [-0.4, -0.2) is 9.55 Å². The van der Waals surface area contributed by atoms with Gasteiger partial charge in [-0.15, -0.1) is 0 Å². The van der Waals surface area contributed by atoms with Crippen molar-refractivity contribution in [2.75, 3.05) is 0 Å². The number of aromatic nitrogens is 2. The Morgan fingerprint density at radius 2 is 1.62 bits per heavy atom. The van der Waals surface area contributed by atoms with E-state index in [2.05, 4.69) is 71.1 Å². The van der Waals surface area contributed by atoms with Gasteiger partial charge in [0.2, 0.25) is 0 Å². The Morgan fingerprint density at radius 1 is 0.857 bits per heavy atom. The molecular weight excluding hydrogens is 256 g/mol. The summed E-state index contributed by atoms with van der Waals surface area (Å²) >= 11 is 0. The highest BCUT2D eigenvalue weighted by Crippen LogP contribution is 2.29. The maximum atomic E-state index is 4.37. The Labute approximate surface area is 123 Å². The first-order valence-electron chi connectivity index (χ1n) is 7.06. The van der Waals surface area contributed by atoms with E-state index in [1.165, 1.54) is 21.9 Å². The summed E-state index contributed by atoms with van der Waals surface area (Å²) in [7, 11) is 0. The molecular formula is C19H15N2. The second-order valence-corrected chi connectivity index (χ2v) is 5.28. The number of hydrogen-bond donors (Lipinski definition) is 0. The number of benzene rings is 2. The van der Waals surface area contributed by atoms with Crippen molar-refractivity contribution in [1.82, 2.24) is 9.55 Å².